The van der Waals surface area contributed by atoms with Gasteiger partial charge in [-0.05, 0) is 55.8 Å². The topological polar surface area (TPSA) is 41.6 Å². The van der Waals surface area contributed by atoms with Gasteiger partial charge in [-0.2, -0.15) is 0 Å². The Kier molecular flexibility index (Phi) is 7.67. The van der Waals surface area contributed by atoms with Crippen molar-refractivity contribution in [3.8, 4) is 5.75 Å². The van der Waals surface area contributed by atoms with Crippen molar-refractivity contribution in [3.05, 3.63) is 64.7 Å². The molecule has 0 saturated carbocycles. The zero-order valence-corrected chi connectivity index (χ0v) is 16.3. The van der Waals surface area contributed by atoms with Crippen LogP contribution >= 0.6 is 0 Å². The molecule has 0 unspecified atom stereocenters. The zero-order valence-electron chi connectivity index (χ0n) is 16.3. The molecule has 0 spiro atoms. The van der Waals surface area contributed by atoms with Gasteiger partial charge in [-0.25, -0.2) is 0 Å². The highest BCUT2D eigenvalue weighted by atomic mass is 16.5. The average Bonchev–Trinajstić information content (AvgIpc) is 2.66. The van der Waals surface area contributed by atoms with Crippen molar-refractivity contribution in [2.45, 2.75) is 33.7 Å². The van der Waals surface area contributed by atoms with Crippen molar-refractivity contribution in [1.82, 2.24) is 10.2 Å². The van der Waals surface area contributed by atoms with E-state index in [2.05, 4.69) is 37.1 Å². The summed E-state index contributed by atoms with van der Waals surface area (Å²) >= 11 is 0. The van der Waals surface area contributed by atoms with Crippen LogP contribution in [-0.2, 0) is 13.0 Å². The number of benzene rings is 2. The zero-order chi connectivity index (χ0) is 18.9. The van der Waals surface area contributed by atoms with Crippen molar-refractivity contribution in [2.75, 3.05) is 26.7 Å². The van der Waals surface area contributed by atoms with Crippen molar-refractivity contribution in [1.29, 1.82) is 0 Å². The Labute approximate surface area is 157 Å². The van der Waals surface area contributed by atoms with E-state index in [9.17, 15) is 4.79 Å². The van der Waals surface area contributed by atoms with Crippen LogP contribution in [0.2, 0.25) is 0 Å². The Morgan fingerprint density at radius 2 is 1.77 bits per heavy atom. The van der Waals surface area contributed by atoms with Gasteiger partial charge in [0.2, 0.25) is 0 Å². The fourth-order valence-electron chi connectivity index (χ4n) is 2.98. The fraction of sp³-hybridized carbons (Fsp3) is 0.409. The molecule has 0 aliphatic heterocycles. The van der Waals surface area contributed by atoms with Crippen LogP contribution in [0.15, 0.2) is 42.5 Å². The third kappa shape index (κ3) is 5.60. The smallest absolute Gasteiger partial charge is 0.251 e. The SMILES string of the molecule is CCN(CC)Cc1ccc(C(=O)NCCc2cc(C)ccc2OC)cc1. The molecule has 2 aromatic carbocycles. The lowest BCUT2D eigenvalue weighted by Crippen LogP contribution is -2.26. The molecule has 2 rings (SSSR count). The van der Waals surface area contributed by atoms with E-state index >= 15 is 0 Å². The van der Waals surface area contributed by atoms with E-state index in [4.69, 9.17) is 4.74 Å². The Hall–Kier alpha value is -2.33. The van der Waals surface area contributed by atoms with Gasteiger partial charge in [0.1, 0.15) is 5.75 Å². The number of rotatable bonds is 9. The highest BCUT2D eigenvalue weighted by Crippen LogP contribution is 2.19. The first-order valence-corrected chi connectivity index (χ1v) is 9.30. The predicted molar refractivity (Wildman–Crippen MR) is 107 cm³/mol. The van der Waals surface area contributed by atoms with Crippen molar-refractivity contribution >= 4 is 5.91 Å². The number of hydrogen-bond donors (Lipinski definition) is 1. The van der Waals surface area contributed by atoms with Gasteiger partial charge in [0.05, 0.1) is 7.11 Å². The van der Waals surface area contributed by atoms with E-state index in [1.54, 1.807) is 7.11 Å². The Balaban J connectivity index is 1.89. The van der Waals surface area contributed by atoms with E-state index in [-0.39, 0.29) is 5.91 Å². The minimum atomic E-state index is -0.0361. The number of methoxy groups -OCH3 is 1. The first-order chi connectivity index (χ1) is 12.6. The lowest BCUT2D eigenvalue weighted by molar-refractivity contribution is 0.0954. The minimum absolute atomic E-state index is 0.0361. The fourth-order valence-corrected chi connectivity index (χ4v) is 2.98. The van der Waals surface area contributed by atoms with Crippen LogP contribution in [0.25, 0.3) is 0 Å². The summed E-state index contributed by atoms with van der Waals surface area (Å²) in [6.07, 6.45) is 0.747. The number of amides is 1. The maximum Gasteiger partial charge on any atom is 0.251 e. The third-order valence-corrected chi connectivity index (χ3v) is 4.63. The standard InChI is InChI=1S/C22H30N2O2/c1-5-24(6-2)16-18-8-10-19(11-9-18)22(25)23-14-13-20-15-17(3)7-12-21(20)26-4/h7-12,15H,5-6,13-14,16H2,1-4H3,(H,23,25). The second-order valence-electron chi connectivity index (χ2n) is 6.48. The van der Waals surface area contributed by atoms with Crippen LogP contribution in [0.4, 0.5) is 0 Å². The van der Waals surface area contributed by atoms with Crippen LogP contribution in [0, 0.1) is 6.92 Å². The first-order valence-electron chi connectivity index (χ1n) is 9.30. The highest BCUT2D eigenvalue weighted by Gasteiger charge is 2.08. The molecule has 0 radical (unpaired) electrons. The van der Waals surface area contributed by atoms with Crippen LogP contribution in [0.3, 0.4) is 0 Å². The number of carbonyl (C=O) groups excluding carboxylic acids is 1. The van der Waals surface area contributed by atoms with Crippen LogP contribution < -0.4 is 10.1 Å². The molecule has 1 N–H and O–H groups in total. The van der Waals surface area contributed by atoms with Gasteiger partial charge in [-0.3, -0.25) is 9.69 Å². The molecule has 2 aromatic rings. The summed E-state index contributed by atoms with van der Waals surface area (Å²) in [7, 11) is 1.67. The number of nitrogens with one attached hydrogen (secondary N) is 1. The van der Waals surface area contributed by atoms with Crippen LogP contribution in [0.1, 0.15) is 40.9 Å². The number of aryl methyl sites for hydroxylation is 1. The quantitative estimate of drug-likeness (QED) is 0.744. The van der Waals surface area contributed by atoms with Gasteiger partial charge in [-0.15, -0.1) is 0 Å². The number of hydrogen-bond acceptors (Lipinski definition) is 3. The molecule has 0 saturated heterocycles. The molecule has 0 fully saturated rings. The van der Waals surface area contributed by atoms with Gasteiger partial charge >= 0.3 is 0 Å². The van der Waals surface area contributed by atoms with E-state index in [0.717, 1.165) is 37.4 Å². The maximum atomic E-state index is 12.3. The molecule has 0 aliphatic rings. The van der Waals surface area contributed by atoms with Crippen molar-refractivity contribution in [2.24, 2.45) is 0 Å². The van der Waals surface area contributed by atoms with Crippen molar-refractivity contribution in [3.63, 3.8) is 0 Å². The summed E-state index contributed by atoms with van der Waals surface area (Å²) in [4.78, 5) is 14.7. The number of ether oxygens (including phenoxy) is 1. The Bertz CT molecular complexity index is 707. The molecule has 1 amide bonds. The molecule has 26 heavy (non-hydrogen) atoms. The Morgan fingerprint density at radius 1 is 1.08 bits per heavy atom. The summed E-state index contributed by atoms with van der Waals surface area (Å²) in [5.41, 5.74) is 4.23. The Morgan fingerprint density at radius 3 is 2.38 bits per heavy atom. The summed E-state index contributed by atoms with van der Waals surface area (Å²) in [6.45, 7) is 9.94. The summed E-state index contributed by atoms with van der Waals surface area (Å²) in [5.74, 6) is 0.830. The minimum Gasteiger partial charge on any atom is -0.496 e. The van der Waals surface area contributed by atoms with E-state index in [1.165, 1.54) is 11.1 Å². The molecule has 0 atom stereocenters. The van der Waals surface area contributed by atoms with E-state index < -0.39 is 0 Å². The molecule has 0 aliphatic carbocycles. The predicted octanol–water partition coefficient (Wildman–Crippen LogP) is 3.82. The summed E-state index contributed by atoms with van der Waals surface area (Å²) in [6, 6.07) is 14.0. The normalized spacial score (nSPS) is 10.8. The average molecular weight is 354 g/mol. The van der Waals surface area contributed by atoms with Gasteiger partial charge in [0.15, 0.2) is 0 Å². The third-order valence-electron chi connectivity index (χ3n) is 4.63. The molecule has 140 valence electrons. The maximum absolute atomic E-state index is 12.3. The summed E-state index contributed by atoms with van der Waals surface area (Å²) in [5, 5.41) is 3.00. The highest BCUT2D eigenvalue weighted by molar-refractivity contribution is 5.94. The molecule has 4 nitrogen and oxygen atoms in total. The molecule has 4 heteroatoms. The van der Waals surface area contributed by atoms with Gasteiger partial charge in [0, 0.05) is 18.7 Å². The molecule has 0 bridgehead atoms. The second kappa shape index (κ2) is 9.97. The van der Waals surface area contributed by atoms with Gasteiger partial charge < -0.3 is 10.1 Å². The number of carbonyl (C=O) groups is 1. The molecular weight excluding hydrogens is 324 g/mol. The largest absolute Gasteiger partial charge is 0.496 e. The lowest BCUT2D eigenvalue weighted by Gasteiger charge is -2.18. The monoisotopic (exact) mass is 354 g/mol. The molecule has 0 aromatic heterocycles. The molecule has 0 heterocycles. The lowest BCUT2D eigenvalue weighted by atomic mass is 10.1. The van der Waals surface area contributed by atoms with Gasteiger partial charge in [-0.1, -0.05) is 43.7 Å². The van der Waals surface area contributed by atoms with Gasteiger partial charge in [0.25, 0.3) is 5.91 Å². The van der Waals surface area contributed by atoms with Crippen LogP contribution in [0.5, 0.6) is 5.75 Å². The number of nitrogens with zero attached hydrogens (tertiary/aromatic N) is 1. The second-order valence-corrected chi connectivity index (χ2v) is 6.48. The van der Waals surface area contributed by atoms with E-state index in [0.29, 0.717) is 12.1 Å². The molecular formula is C22H30N2O2. The van der Waals surface area contributed by atoms with Crippen LogP contribution in [-0.4, -0.2) is 37.6 Å². The van der Waals surface area contributed by atoms with E-state index in [1.807, 2.05) is 36.4 Å². The summed E-state index contributed by atoms with van der Waals surface area (Å²) < 4.78 is 5.39. The first kappa shape index (κ1) is 20.0. The van der Waals surface area contributed by atoms with Crippen molar-refractivity contribution < 1.29 is 9.53 Å².